The highest BCUT2D eigenvalue weighted by Crippen LogP contribution is 2.28. The van der Waals surface area contributed by atoms with Gasteiger partial charge in [-0.2, -0.15) is 13.2 Å². The van der Waals surface area contributed by atoms with Crippen LogP contribution in [0.3, 0.4) is 0 Å². The minimum absolute atomic E-state index is 0.855. The Morgan fingerprint density at radius 2 is 2.07 bits per heavy atom. The van der Waals surface area contributed by atoms with Crippen molar-refractivity contribution < 1.29 is 27.5 Å². The van der Waals surface area contributed by atoms with E-state index in [2.05, 4.69) is 32.0 Å². The average molecular weight is 399 g/mol. The lowest BCUT2D eigenvalue weighted by molar-refractivity contribution is -0.192. The largest absolute Gasteiger partial charge is 0.490 e. The van der Waals surface area contributed by atoms with Crippen molar-refractivity contribution in [2.24, 2.45) is 0 Å². The van der Waals surface area contributed by atoms with E-state index in [1.54, 1.807) is 17.6 Å². The van der Waals surface area contributed by atoms with Crippen LogP contribution in [-0.2, 0) is 24.4 Å². The molecule has 0 saturated carbocycles. The second kappa shape index (κ2) is 7.97. The summed E-state index contributed by atoms with van der Waals surface area (Å²) in [6, 6.07) is 8.21. The van der Waals surface area contributed by atoms with Crippen LogP contribution < -0.4 is 0 Å². The standard InChI is InChI=1S/C15H15N3OS.C2HF3O2/c1-3-12(19-7-1)10-17-5-6-18-13(9-16-15(18)11-17)14-4-2-8-20-14;3-2(4,5)1(6)7/h1-4,7-9H,5-6,10-11H2;(H,6,7). The van der Waals surface area contributed by atoms with Crippen molar-refractivity contribution in [3.63, 3.8) is 0 Å². The molecule has 6 nitrogen and oxygen atoms in total. The summed E-state index contributed by atoms with van der Waals surface area (Å²) in [6.07, 6.45) is -1.35. The fourth-order valence-corrected chi connectivity index (χ4v) is 3.43. The van der Waals surface area contributed by atoms with Gasteiger partial charge in [0.15, 0.2) is 0 Å². The first-order valence-corrected chi connectivity index (χ1v) is 8.85. The molecule has 0 saturated heterocycles. The third kappa shape index (κ3) is 4.77. The summed E-state index contributed by atoms with van der Waals surface area (Å²) in [7, 11) is 0. The maximum Gasteiger partial charge on any atom is 0.490 e. The Labute approximate surface area is 156 Å². The van der Waals surface area contributed by atoms with Gasteiger partial charge in [0, 0.05) is 13.1 Å². The zero-order chi connectivity index (χ0) is 19.4. The number of nitrogens with zero attached hydrogens (tertiary/aromatic N) is 3. The number of carboxylic acid groups (broad SMARTS) is 1. The first-order valence-electron chi connectivity index (χ1n) is 7.97. The molecule has 4 rings (SSSR count). The quantitative estimate of drug-likeness (QED) is 0.724. The van der Waals surface area contributed by atoms with E-state index >= 15 is 0 Å². The van der Waals surface area contributed by atoms with Crippen LogP contribution in [0.15, 0.2) is 46.5 Å². The summed E-state index contributed by atoms with van der Waals surface area (Å²) in [4.78, 5) is 17.2. The SMILES string of the molecule is O=C(O)C(F)(F)F.c1coc(CN2CCn3c(-c4cccs4)cnc3C2)c1. The van der Waals surface area contributed by atoms with Crippen LogP contribution in [0.25, 0.3) is 10.6 Å². The Morgan fingerprint density at radius 3 is 2.67 bits per heavy atom. The molecule has 1 aliphatic rings. The Morgan fingerprint density at radius 1 is 1.30 bits per heavy atom. The molecule has 0 radical (unpaired) electrons. The summed E-state index contributed by atoms with van der Waals surface area (Å²) in [5.74, 6) is -0.595. The van der Waals surface area contributed by atoms with E-state index < -0.39 is 12.1 Å². The average Bonchev–Trinajstić information content (AvgIpc) is 3.35. The number of halogens is 3. The summed E-state index contributed by atoms with van der Waals surface area (Å²) >= 11 is 1.77. The maximum atomic E-state index is 10.6. The number of carbonyl (C=O) groups is 1. The first-order chi connectivity index (χ1) is 12.8. The number of alkyl halides is 3. The van der Waals surface area contributed by atoms with E-state index in [9.17, 15) is 13.2 Å². The van der Waals surface area contributed by atoms with Gasteiger partial charge in [-0.1, -0.05) is 6.07 Å². The van der Waals surface area contributed by atoms with Crippen LogP contribution in [0.4, 0.5) is 13.2 Å². The van der Waals surface area contributed by atoms with Gasteiger partial charge in [0.25, 0.3) is 0 Å². The zero-order valence-corrected chi connectivity index (χ0v) is 14.8. The molecule has 144 valence electrons. The molecule has 0 aliphatic carbocycles. The lowest BCUT2D eigenvalue weighted by Gasteiger charge is -2.27. The molecule has 1 aliphatic heterocycles. The van der Waals surface area contributed by atoms with E-state index in [-0.39, 0.29) is 0 Å². The number of thiophene rings is 1. The molecule has 0 bridgehead atoms. The van der Waals surface area contributed by atoms with Gasteiger partial charge in [-0.05, 0) is 23.6 Å². The predicted octanol–water partition coefficient (Wildman–Crippen LogP) is 3.85. The van der Waals surface area contributed by atoms with Crippen LogP contribution in [0.1, 0.15) is 11.6 Å². The number of hydrogen-bond donors (Lipinski definition) is 1. The minimum Gasteiger partial charge on any atom is -0.475 e. The van der Waals surface area contributed by atoms with Crippen molar-refractivity contribution in [3.05, 3.63) is 53.7 Å². The van der Waals surface area contributed by atoms with Crippen LogP contribution >= 0.6 is 11.3 Å². The van der Waals surface area contributed by atoms with Crippen molar-refractivity contribution in [1.29, 1.82) is 0 Å². The fraction of sp³-hybridized carbons (Fsp3) is 0.294. The number of hydrogen-bond acceptors (Lipinski definition) is 5. The lowest BCUT2D eigenvalue weighted by atomic mass is 10.3. The van der Waals surface area contributed by atoms with Crippen LogP contribution in [0.2, 0.25) is 0 Å². The topological polar surface area (TPSA) is 71.5 Å². The van der Waals surface area contributed by atoms with E-state index in [1.807, 2.05) is 18.3 Å². The van der Waals surface area contributed by atoms with Crippen LogP contribution in [0.5, 0.6) is 0 Å². The summed E-state index contributed by atoms with van der Waals surface area (Å²) < 4.78 is 39.5. The Hall–Kier alpha value is -2.59. The number of imidazole rings is 1. The normalized spacial score (nSPS) is 14.3. The van der Waals surface area contributed by atoms with E-state index in [0.717, 1.165) is 37.8 Å². The molecule has 0 fully saturated rings. The van der Waals surface area contributed by atoms with Gasteiger partial charge < -0.3 is 14.1 Å². The van der Waals surface area contributed by atoms with Gasteiger partial charge in [0.05, 0.1) is 36.1 Å². The number of aliphatic carboxylic acids is 1. The molecular formula is C17H16F3N3O3S. The predicted molar refractivity (Wildman–Crippen MR) is 92.1 cm³/mol. The van der Waals surface area contributed by atoms with Crippen molar-refractivity contribution >= 4 is 17.3 Å². The Kier molecular flexibility index (Phi) is 5.66. The highest BCUT2D eigenvalue weighted by Gasteiger charge is 2.38. The second-order valence-corrected chi connectivity index (χ2v) is 6.73. The van der Waals surface area contributed by atoms with Gasteiger partial charge in [-0.3, -0.25) is 4.90 Å². The van der Waals surface area contributed by atoms with Gasteiger partial charge >= 0.3 is 12.1 Å². The fourth-order valence-electron chi connectivity index (χ4n) is 2.69. The molecule has 1 N–H and O–H groups in total. The third-order valence-electron chi connectivity index (χ3n) is 3.92. The molecular weight excluding hydrogens is 383 g/mol. The number of rotatable bonds is 3. The smallest absolute Gasteiger partial charge is 0.475 e. The van der Waals surface area contributed by atoms with Crippen LogP contribution in [-0.4, -0.2) is 38.2 Å². The zero-order valence-electron chi connectivity index (χ0n) is 14.0. The molecule has 3 aromatic rings. The van der Waals surface area contributed by atoms with Gasteiger partial charge in [-0.25, -0.2) is 9.78 Å². The molecule has 3 aromatic heterocycles. The molecule has 0 aromatic carbocycles. The van der Waals surface area contributed by atoms with E-state index in [4.69, 9.17) is 14.3 Å². The molecule has 10 heteroatoms. The monoisotopic (exact) mass is 399 g/mol. The molecule has 27 heavy (non-hydrogen) atoms. The summed E-state index contributed by atoms with van der Waals surface area (Å²) in [6.45, 7) is 3.76. The van der Waals surface area contributed by atoms with Crippen molar-refractivity contribution in [2.45, 2.75) is 25.8 Å². The maximum absolute atomic E-state index is 10.6. The first kappa shape index (κ1) is 19.2. The van der Waals surface area contributed by atoms with Crippen molar-refractivity contribution in [3.8, 4) is 10.6 Å². The molecule has 4 heterocycles. The number of carboxylic acids is 1. The van der Waals surface area contributed by atoms with Crippen LogP contribution in [0, 0.1) is 0 Å². The summed E-state index contributed by atoms with van der Waals surface area (Å²) in [5, 5.41) is 9.24. The molecule has 0 unspecified atom stereocenters. The minimum atomic E-state index is -5.08. The number of furan rings is 1. The van der Waals surface area contributed by atoms with Crippen molar-refractivity contribution in [1.82, 2.24) is 14.5 Å². The molecule has 0 amide bonds. The van der Waals surface area contributed by atoms with Gasteiger partial charge in [0.2, 0.25) is 0 Å². The van der Waals surface area contributed by atoms with E-state index in [0.29, 0.717) is 0 Å². The highest BCUT2D eigenvalue weighted by molar-refractivity contribution is 7.13. The third-order valence-corrected chi connectivity index (χ3v) is 4.81. The van der Waals surface area contributed by atoms with E-state index in [1.165, 1.54) is 10.6 Å². The lowest BCUT2D eigenvalue weighted by Crippen LogP contribution is -2.33. The molecule has 0 spiro atoms. The van der Waals surface area contributed by atoms with Gasteiger partial charge in [0.1, 0.15) is 11.6 Å². The number of aromatic nitrogens is 2. The second-order valence-electron chi connectivity index (χ2n) is 5.78. The Balaban J connectivity index is 0.000000260. The van der Waals surface area contributed by atoms with Gasteiger partial charge in [-0.15, -0.1) is 11.3 Å². The highest BCUT2D eigenvalue weighted by atomic mass is 32.1. The molecule has 0 atom stereocenters. The Bertz CT molecular complexity index is 873. The van der Waals surface area contributed by atoms with Crippen molar-refractivity contribution in [2.75, 3.05) is 6.54 Å². The number of fused-ring (bicyclic) bond motifs is 1. The summed E-state index contributed by atoms with van der Waals surface area (Å²) in [5.41, 5.74) is 1.24.